The van der Waals surface area contributed by atoms with Crippen molar-refractivity contribution in [2.24, 2.45) is 0 Å². The van der Waals surface area contributed by atoms with E-state index in [-0.39, 0.29) is 0 Å². The minimum absolute atomic E-state index is 0.431. The monoisotopic (exact) mass is 250 g/mol. The van der Waals surface area contributed by atoms with Crippen molar-refractivity contribution in [3.8, 4) is 5.69 Å². The van der Waals surface area contributed by atoms with Crippen molar-refractivity contribution in [3.05, 3.63) is 46.7 Å². The molecule has 2 aromatic rings. The Morgan fingerprint density at radius 3 is 2.71 bits per heavy atom. The summed E-state index contributed by atoms with van der Waals surface area (Å²) in [7, 11) is 0. The minimum Gasteiger partial charge on any atom is -0.296 e. The summed E-state index contributed by atoms with van der Waals surface area (Å²) in [4.78, 5) is 10.4. The third-order valence-corrected chi connectivity index (χ3v) is 2.50. The van der Waals surface area contributed by atoms with Gasteiger partial charge in [-0.25, -0.2) is 4.68 Å². The van der Waals surface area contributed by atoms with Crippen LogP contribution in [0.4, 0.5) is 0 Å². The smallest absolute Gasteiger partial charge is 0.170 e. The highest BCUT2D eigenvalue weighted by atomic mass is 79.9. The lowest BCUT2D eigenvalue weighted by atomic mass is 10.3. The number of aromatic nitrogens is 2. The molecular weight excluding hydrogens is 244 g/mol. The fourth-order valence-corrected chi connectivity index (χ4v) is 1.64. The Morgan fingerprint density at radius 1 is 1.29 bits per heavy atom. The second kappa shape index (κ2) is 3.75. The summed E-state index contributed by atoms with van der Waals surface area (Å²) in [5.74, 6) is 0. The van der Waals surface area contributed by atoms with E-state index in [2.05, 4.69) is 21.0 Å². The van der Waals surface area contributed by atoms with Crippen LogP contribution in [0.1, 0.15) is 10.5 Å². The van der Waals surface area contributed by atoms with E-state index in [1.165, 1.54) is 0 Å². The average Bonchev–Trinajstić information content (AvgIpc) is 2.67. The molecule has 14 heavy (non-hydrogen) atoms. The maximum atomic E-state index is 10.4. The van der Waals surface area contributed by atoms with Gasteiger partial charge in [0, 0.05) is 10.7 Å². The zero-order valence-electron chi connectivity index (χ0n) is 7.22. The molecule has 0 amide bonds. The molecule has 0 aliphatic heterocycles. The van der Waals surface area contributed by atoms with Gasteiger partial charge in [-0.15, -0.1) is 0 Å². The van der Waals surface area contributed by atoms with Gasteiger partial charge >= 0.3 is 0 Å². The lowest BCUT2D eigenvalue weighted by molar-refractivity contribution is 0.111. The Morgan fingerprint density at radius 2 is 2.07 bits per heavy atom. The van der Waals surface area contributed by atoms with E-state index >= 15 is 0 Å². The molecule has 0 bridgehead atoms. The molecular formula is C10H7BrN2O. The zero-order valence-corrected chi connectivity index (χ0v) is 8.81. The molecule has 3 nitrogen and oxygen atoms in total. The van der Waals surface area contributed by atoms with Crippen molar-refractivity contribution in [2.75, 3.05) is 0 Å². The first kappa shape index (κ1) is 9.15. The van der Waals surface area contributed by atoms with Gasteiger partial charge in [-0.3, -0.25) is 4.79 Å². The number of nitrogens with zero attached hydrogens (tertiary/aromatic N) is 2. The maximum Gasteiger partial charge on any atom is 0.170 e. The van der Waals surface area contributed by atoms with Crippen LogP contribution in [0.15, 0.2) is 41.0 Å². The number of rotatable bonds is 2. The van der Waals surface area contributed by atoms with Crippen molar-refractivity contribution >= 4 is 22.2 Å². The number of carbonyl (C=O) groups excluding carboxylic acids is 1. The van der Waals surface area contributed by atoms with Crippen LogP contribution in [0.3, 0.4) is 0 Å². The zero-order chi connectivity index (χ0) is 9.97. The Labute approximate surface area is 89.5 Å². The first-order chi connectivity index (χ1) is 6.81. The molecule has 0 atom stereocenters. The van der Waals surface area contributed by atoms with Crippen molar-refractivity contribution in [1.82, 2.24) is 9.78 Å². The van der Waals surface area contributed by atoms with E-state index in [4.69, 9.17) is 0 Å². The summed E-state index contributed by atoms with van der Waals surface area (Å²) in [5, 5.41) is 4.08. The first-order valence-corrected chi connectivity index (χ1v) is 4.86. The van der Waals surface area contributed by atoms with Crippen molar-refractivity contribution < 1.29 is 4.79 Å². The number of halogens is 1. The summed E-state index contributed by atoms with van der Waals surface area (Å²) in [5.41, 5.74) is 1.35. The van der Waals surface area contributed by atoms with Crippen LogP contribution >= 0.6 is 15.9 Å². The van der Waals surface area contributed by atoms with E-state index in [0.29, 0.717) is 5.69 Å². The predicted octanol–water partition coefficient (Wildman–Crippen LogP) is 2.45. The van der Waals surface area contributed by atoms with Gasteiger partial charge < -0.3 is 0 Å². The van der Waals surface area contributed by atoms with Gasteiger partial charge in [-0.2, -0.15) is 5.10 Å². The third-order valence-electron chi connectivity index (χ3n) is 1.83. The SMILES string of the molecule is O=Cc1ccn(-c2ccccc2Br)n1. The van der Waals surface area contributed by atoms with Gasteiger partial charge in [0.05, 0.1) is 5.69 Å². The van der Waals surface area contributed by atoms with Gasteiger partial charge in [0.15, 0.2) is 6.29 Å². The number of aldehydes is 1. The molecule has 1 heterocycles. The van der Waals surface area contributed by atoms with Gasteiger partial charge in [0.25, 0.3) is 0 Å². The summed E-state index contributed by atoms with van der Waals surface area (Å²) in [6, 6.07) is 9.37. The predicted molar refractivity (Wildman–Crippen MR) is 56.7 cm³/mol. The lowest BCUT2D eigenvalue weighted by Crippen LogP contribution is -1.96. The molecule has 0 aliphatic rings. The molecule has 0 unspecified atom stereocenters. The Bertz CT molecular complexity index is 465. The van der Waals surface area contributed by atoms with Crippen LogP contribution in [-0.4, -0.2) is 16.1 Å². The first-order valence-electron chi connectivity index (χ1n) is 4.07. The minimum atomic E-state index is 0.431. The summed E-state index contributed by atoms with van der Waals surface area (Å²) >= 11 is 3.41. The van der Waals surface area contributed by atoms with Crippen LogP contribution in [0.25, 0.3) is 5.69 Å². The third kappa shape index (κ3) is 1.61. The summed E-state index contributed by atoms with van der Waals surface area (Å²) < 4.78 is 2.61. The molecule has 0 fully saturated rings. The van der Waals surface area contributed by atoms with Crippen molar-refractivity contribution in [3.63, 3.8) is 0 Å². The quantitative estimate of drug-likeness (QED) is 0.768. The molecule has 0 saturated carbocycles. The van der Waals surface area contributed by atoms with E-state index in [9.17, 15) is 4.79 Å². The van der Waals surface area contributed by atoms with Gasteiger partial charge in [0.1, 0.15) is 5.69 Å². The fraction of sp³-hybridized carbons (Fsp3) is 0. The number of hydrogen-bond donors (Lipinski definition) is 0. The largest absolute Gasteiger partial charge is 0.296 e. The molecule has 2 rings (SSSR count). The number of para-hydroxylation sites is 1. The van der Waals surface area contributed by atoms with E-state index in [1.807, 2.05) is 24.3 Å². The molecule has 4 heteroatoms. The Kier molecular flexibility index (Phi) is 2.45. The highest BCUT2D eigenvalue weighted by Crippen LogP contribution is 2.19. The molecule has 1 aromatic carbocycles. The van der Waals surface area contributed by atoms with Gasteiger partial charge in [0.2, 0.25) is 0 Å². The van der Waals surface area contributed by atoms with Gasteiger partial charge in [-0.1, -0.05) is 12.1 Å². The number of hydrogen-bond acceptors (Lipinski definition) is 2. The fourth-order valence-electron chi connectivity index (χ4n) is 1.17. The molecule has 70 valence electrons. The van der Waals surface area contributed by atoms with Crippen LogP contribution < -0.4 is 0 Å². The van der Waals surface area contributed by atoms with Gasteiger partial charge in [-0.05, 0) is 34.1 Å². The normalized spacial score (nSPS) is 10.1. The molecule has 1 aromatic heterocycles. The molecule has 0 radical (unpaired) electrons. The number of carbonyl (C=O) groups is 1. The van der Waals surface area contributed by atoms with Crippen LogP contribution in [0, 0.1) is 0 Å². The molecule has 0 saturated heterocycles. The average molecular weight is 251 g/mol. The summed E-state index contributed by atoms with van der Waals surface area (Å²) in [6.07, 6.45) is 2.48. The van der Waals surface area contributed by atoms with Crippen LogP contribution in [0.2, 0.25) is 0 Å². The lowest BCUT2D eigenvalue weighted by Gasteiger charge is -2.02. The molecule has 0 aliphatic carbocycles. The number of benzene rings is 1. The van der Waals surface area contributed by atoms with Crippen molar-refractivity contribution in [2.45, 2.75) is 0 Å². The molecule has 0 N–H and O–H groups in total. The second-order valence-corrected chi connectivity index (χ2v) is 3.61. The highest BCUT2D eigenvalue weighted by molar-refractivity contribution is 9.10. The summed E-state index contributed by atoms with van der Waals surface area (Å²) in [6.45, 7) is 0. The van der Waals surface area contributed by atoms with Crippen molar-refractivity contribution in [1.29, 1.82) is 0 Å². The van der Waals surface area contributed by atoms with Crippen LogP contribution in [0.5, 0.6) is 0 Å². The Balaban J connectivity index is 2.49. The second-order valence-electron chi connectivity index (χ2n) is 2.75. The van der Waals surface area contributed by atoms with E-state index < -0.39 is 0 Å². The van der Waals surface area contributed by atoms with E-state index in [0.717, 1.165) is 16.4 Å². The Hall–Kier alpha value is -1.42. The standard InChI is InChI=1S/C10H7BrN2O/c11-9-3-1-2-4-10(9)13-6-5-8(7-14)12-13/h1-7H. The maximum absolute atomic E-state index is 10.4. The topological polar surface area (TPSA) is 34.9 Å². The van der Waals surface area contributed by atoms with E-state index in [1.54, 1.807) is 16.9 Å². The highest BCUT2D eigenvalue weighted by Gasteiger charge is 2.02. The molecule has 0 spiro atoms. The van der Waals surface area contributed by atoms with Crippen LogP contribution in [-0.2, 0) is 0 Å².